The molecular formula is C25H31N3O3. The summed E-state index contributed by atoms with van der Waals surface area (Å²) < 4.78 is 6.82. The van der Waals surface area contributed by atoms with Crippen LogP contribution in [0.15, 0.2) is 54.7 Å². The van der Waals surface area contributed by atoms with Crippen LogP contribution in [0.25, 0.3) is 5.82 Å². The van der Waals surface area contributed by atoms with Gasteiger partial charge in [-0.2, -0.15) is 0 Å². The Morgan fingerprint density at radius 1 is 1.13 bits per heavy atom. The lowest BCUT2D eigenvalue weighted by atomic mass is 10.0. The summed E-state index contributed by atoms with van der Waals surface area (Å²) in [6.07, 6.45) is 2.17. The van der Waals surface area contributed by atoms with E-state index in [0.29, 0.717) is 6.54 Å². The van der Waals surface area contributed by atoms with Crippen molar-refractivity contribution < 1.29 is 14.6 Å². The van der Waals surface area contributed by atoms with Crippen LogP contribution in [0.5, 0.6) is 0 Å². The van der Waals surface area contributed by atoms with Gasteiger partial charge in [0.25, 0.3) is 0 Å². The van der Waals surface area contributed by atoms with Crippen LogP contribution in [0.2, 0.25) is 0 Å². The first-order valence-corrected chi connectivity index (χ1v) is 10.5. The molecule has 6 heteroatoms. The Hall–Kier alpha value is -2.96. The SMILES string of the molecule is COC(=O)Cc1cccc(CC(C)NC[C@@H](O)c2ccc(-n3c(C)ccc3C)nc2)c1. The van der Waals surface area contributed by atoms with E-state index >= 15 is 0 Å². The standard InChI is InChI=1S/C25H31N3O3/c1-17(12-20-6-5-7-21(13-20)14-25(30)31-4)26-16-23(29)22-10-11-24(27-15-22)28-18(2)8-9-19(28)3/h5-11,13,15,17,23,26,29H,12,14,16H2,1-4H3/t17?,23-/m1/s1. The lowest BCUT2D eigenvalue weighted by Crippen LogP contribution is -2.32. The number of aliphatic hydroxyl groups excluding tert-OH is 1. The zero-order valence-electron chi connectivity index (χ0n) is 18.6. The van der Waals surface area contributed by atoms with Gasteiger partial charge < -0.3 is 19.7 Å². The normalized spacial score (nSPS) is 13.1. The molecule has 0 amide bonds. The highest BCUT2D eigenvalue weighted by Gasteiger charge is 2.12. The third kappa shape index (κ3) is 6.03. The molecule has 2 aromatic heterocycles. The van der Waals surface area contributed by atoms with Crippen molar-refractivity contribution in [3.8, 4) is 5.82 Å². The molecule has 2 atom stereocenters. The number of hydrogen-bond donors (Lipinski definition) is 2. The number of carbonyl (C=O) groups excluding carboxylic acids is 1. The molecule has 0 aliphatic carbocycles. The maximum atomic E-state index is 11.5. The number of esters is 1. The fourth-order valence-electron chi connectivity index (χ4n) is 3.72. The van der Waals surface area contributed by atoms with Crippen LogP contribution in [0.1, 0.15) is 41.1 Å². The number of rotatable bonds is 9. The molecule has 31 heavy (non-hydrogen) atoms. The number of methoxy groups -OCH3 is 1. The molecule has 2 heterocycles. The van der Waals surface area contributed by atoms with Crippen molar-refractivity contribution in [3.63, 3.8) is 0 Å². The summed E-state index contributed by atoms with van der Waals surface area (Å²) >= 11 is 0. The van der Waals surface area contributed by atoms with Gasteiger partial charge in [0.05, 0.1) is 19.6 Å². The van der Waals surface area contributed by atoms with Crippen LogP contribution < -0.4 is 5.32 Å². The number of carbonyl (C=O) groups is 1. The summed E-state index contributed by atoms with van der Waals surface area (Å²) in [5.74, 6) is 0.609. The van der Waals surface area contributed by atoms with Crippen molar-refractivity contribution in [2.24, 2.45) is 0 Å². The Morgan fingerprint density at radius 3 is 2.48 bits per heavy atom. The van der Waals surface area contributed by atoms with Crippen LogP contribution in [-0.2, 0) is 22.4 Å². The van der Waals surface area contributed by atoms with Crippen LogP contribution in [0, 0.1) is 13.8 Å². The first-order chi connectivity index (χ1) is 14.9. The number of aromatic nitrogens is 2. The summed E-state index contributed by atoms with van der Waals surface area (Å²) in [6.45, 7) is 6.62. The van der Waals surface area contributed by atoms with Crippen molar-refractivity contribution in [1.29, 1.82) is 0 Å². The molecule has 0 fully saturated rings. The maximum absolute atomic E-state index is 11.5. The molecule has 0 bridgehead atoms. The Bertz CT molecular complexity index is 992. The molecule has 6 nitrogen and oxygen atoms in total. The third-order valence-corrected chi connectivity index (χ3v) is 5.42. The second kappa shape index (κ2) is 10.4. The molecule has 3 aromatic rings. The largest absolute Gasteiger partial charge is 0.469 e. The van der Waals surface area contributed by atoms with Gasteiger partial charge in [-0.15, -0.1) is 0 Å². The molecule has 1 unspecified atom stereocenters. The van der Waals surface area contributed by atoms with Gasteiger partial charge in [-0.1, -0.05) is 30.3 Å². The molecule has 164 valence electrons. The van der Waals surface area contributed by atoms with Gasteiger partial charge in [0.1, 0.15) is 5.82 Å². The summed E-state index contributed by atoms with van der Waals surface area (Å²) in [5, 5.41) is 14.0. The first kappa shape index (κ1) is 22.7. The van der Waals surface area contributed by atoms with Crippen molar-refractivity contribution in [1.82, 2.24) is 14.9 Å². The summed E-state index contributed by atoms with van der Waals surface area (Å²) in [7, 11) is 1.40. The van der Waals surface area contributed by atoms with Crippen LogP contribution in [0.3, 0.4) is 0 Å². The Morgan fingerprint density at radius 2 is 1.84 bits per heavy atom. The molecule has 3 rings (SSSR count). The van der Waals surface area contributed by atoms with E-state index in [1.165, 1.54) is 7.11 Å². The van der Waals surface area contributed by atoms with Crippen LogP contribution in [0.4, 0.5) is 0 Å². The van der Waals surface area contributed by atoms with E-state index in [2.05, 4.69) is 33.9 Å². The van der Waals surface area contributed by atoms with Crippen molar-refractivity contribution in [3.05, 3.63) is 82.8 Å². The van der Waals surface area contributed by atoms with E-state index < -0.39 is 6.10 Å². The minimum atomic E-state index is -0.637. The summed E-state index contributed by atoms with van der Waals surface area (Å²) in [6, 6.07) is 16.1. The number of benzene rings is 1. The first-order valence-electron chi connectivity index (χ1n) is 10.5. The molecule has 0 aliphatic rings. The predicted molar refractivity (Wildman–Crippen MR) is 121 cm³/mol. The average molecular weight is 422 g/mol. The second-order valence-electron chi connectivity index (χ2n) is 8.00. The fraction of sp³-hybridized carbons (Fsp3) is 0.360. The highest BCUT2D eigenvalue weighted by Crippen LogP contribution is 2.17. The highest BCUT2D eigenvalue weighted by molar-refractivity contribution is 5.72. The average Bonchev–Trinajstić information content (AvgIpc) is 3.10. The predicted octanol–water partition coefficient (Wildman–Crippen LogP) is 3.46. The lowest BCUT2D eigenvalue weighted by Gasteiger charge is -2.18. The Balaban J connectivity index is 1.54. The third-order valence-electron chi connectivity index (χ3n) is 5.42. The molecular weight excluding hydrogens is 390 g/mol. The molecule has 0 spiro atoms. The van der Waals surface area contributed by atoms with Gasteiger partial charge in [0.2, 0.25) is 0 Å². The zero-order chi connectivity index (χ0) is 22.4. The van der Waals surface area contributed by atoms with Gasteiger partial charge in [0, 0.05) is 35.7 Å². The molecule has 0 saturated heterocycles. The number of pyridine rings is 1. The molecule has 2 N–H and O–H groups in total. The maximum Gasteiger partial charge on any atom is 0.309 e. The van der Waals surface area contributed by atoms with E-state index in [0.717, 1.165) is 40.3 Å². The van der Waals surface area contributed by atoms with E-state index in [1.807, 2.05) is 50.2 Å². The topological polar surface area (TPSA) is 76.4 Å². The number of nitrogens with zero attached hydrogens (tertiary/aromatic N) is 2. The number of nitrogens with one attached hydrogen (secondary N) is 1. The summed E-state index contributed by atoms with van der Waals surface area (Å²) in [5.41, 5.74) is 5.12. The van der Waals surface area contributed by atoms with Crippen LogP contribution in [-0.4, -0.2) is 40.3 Å². The van der Waals surface area contributed by atoms with E-state index in [4.69, 9.17) is 4.74 Å². The van der Waals surface area contributed by atoms with Crippen molar-refractivity contribution in [2.45, 2.75) is 45.8 Å². The summed E-state index contributed by atoms with van der Waals surface area (Å²) in [4.78, 5) is 16.0. The van der Waals surface area contributed by atoms with Gasteiger partial charge >= 0.3 is 5.97 Å². The number of aliphatic hydroxyl groups is 1. The number of ether oxygens (including phenoxy) is 1. The van der Waals surface area contributed by atoms with Crippen molar-refractivity contribution >= 4 is 5.97 Å². The molecule has 0 aliphatic heterocycles. The van der Waals surface area contributed by atoms with Crippen molar-refractivity contribution in [2.75, 3.05) is 13.7 Å². The number of aryl methyl sites for hydroxylation is 2. The van der Waals surface area contributed by atoms with Crippen LogP contribution >= 0.6 is 0 Å². The fourth-order valence-corrected chi connectivity index (χ4v) is 3.72. The van der Waals surface area contributed by atoms with Gasteiger partial charge in [-0.3, -0.25) is 4.79 Å². The molecule has 0 saturated carbocycles. The monoisotopic (exact) mass is 421 g/mol. The lowest BCUT2D eigenvalue weighted by molar-refractivity contribution is -0.139. The molecule has 0 radical (unpaired) electrons. The van der Waals surface area contributed by atoms with Gasteiger partial charge in [-0.05, 0) is 56.5 Å². The Labute approximate surface area is 183 Å². The quantitative estimate of drug-likeness (QED) is 0.518. The van der Waals surface area contributed by atoms with E-state index in [9.17, 15) is 9.90 Å². The number of hydrogen-bond acceptors (Lipinski definition) is 5. The smallest absolute Gasteiger partial charge is 0.309 e. The Kier molecular flexibility index (Phi) is 7.60. The zero-order valence-corrected chi connectivity index (χ0v) is 18.6. The minimum Gasteiger partial charge on any atom is -0.469 e. The van der Waals surface area contributed by atoms with E-state index in [-0.39, 0.29) is 18.4 Å². The van der Waals surface area contributed by atoms with Gasteiger partial charge in [-0.25, -0.2) is 4.98 Å². The second-order valence-corrected chi connectivity index (χ2v) is 8.00. The van der Waals surface area contributed by atoms with E-state index in [1.54, 1.807) is 6.20 Å². The molecule has 1 aromatic carbocycles. The minimum absolute atomic E-state index is 0.167. The highest BCUT2D eigenvalue weighted by atomic mass is 16.5. The van der Waals surface area contributed by atoms with Gasteiger partial charge in [0.15, 0.2) is 0 Å².